The number of likely N-dealkylation sites (tertiary alicyclic amines) is 1. The van der Waals surface area contributed by atoms with Crippen LogP contribution in [0.25, 0.3) is 10.8 Å². The number of fused-ring (bicyclic) bond motifs is 1. The SMILES string of the molecule is CC(C)[Si](OC(=O)N(CCc1cncn1Cc1ccc(C#N)c(F)c1)[C@H]1CCN(C(=O)c2cccc3ccc(O[Si](C(C)C)(C(C)C)C(C)C)cc23)C1)(C(C)C)C(C)C. The second-order valence-corrected chi connectivity index (χ2v) is 29.1. The van der Waals surface area contributed by atoms with Gasteiger partial charge in [0.15, 0.2) is 0 Å². The number of nitrogens with zero attached hydrogens (tertiary/aromatic N) is 5. The van der Waals surface area contributed by atoms with E-state index in [4.69, 9.17) is 8.85 Å². The number of hydrogen-bond acceptors (Lipinski definition) is 6. The van der Waals surface area contributed by atoms with E-state index in [1.165, 1.54) is 12.1 Å². The molecule has 2 amide bonds. The van der Waals surface area contributed by atoms with Gasteiger partial charge in [-0.1, -0.05) is 107 Å². The highest BCUT2D eigenvalue weighted by Gasteiger charge is 2.50. The summed E-state index contributed by atoms with van der Waals surface area (Å²) in [4.78, 5) is 37.3. The largest absolute Gasteiger partial charge is 0.543 e. The number of aromatic nitrogens is 2. The Hall–Kier alpha value is -4.48. The summed E-state index contributed by atoms with van der Waals surface area (Å²) >= 11 is 0. The van der Waals surface area contributed by atoms with Crippen molar-refractivity contribution in [3.8, 4) is 11.8 Å². The van der Waals surface area contributed by atoms with Crippen LogP contribution in [-0.4, -0.2) is 73.7 Å². The second kappa shape index (κ2) is 18.8. The molecular weight excluding hydrogens is 774 g/mol. The normalized spacial score (nSPS) is 15.0. The van der Waals surface area contributed by atoms with Gasteiger partial charge in [0.2, 0.25) is 0 Å². The van der Waals surface area contributed by atoms with E-state index in [-0.39, 0.29) is 40.2 Å². The maximum atomic E-state index is 14.6. The monoisotopic (exact) mass is 839 g/mol. The Balaban J connectivity index is 1.43. The highest BCUT2D eigenvalue weighted by Crippen LogP contribution is 2.44. The zero-order chi connectivity index (χ0) is 43.4. The van der Waals surface area contributed by atoms with Gasteiger partial charge >= 0.3 is 6.09 Å². The zero-order valence-electron chi connectivity index (χ0n) is 37.4. The number of carbonyl (C=O) groups excluding carboxylic acids is 2. The average Bonchev–Trinajstić information content (AvgIpc) is 3.84. The molecule has 0 N–H and O–H groups in total. The van der Waals surface area contributed by atoms with E-state index in [9.17, 15) is 19.2 Å². The molecule has 2 heterocycles. The summed E-state index contributed by atoms with van der Waals surface area (Å²) in [6.45, 7) is 28.3. The molecule has 3 aromatic carbocycles. The minimum Gasteiger partial charge on any atom is -0.543 e. The molecular formula is C47H66FN5O4Si2. The van der Waals surface area contributed by atoms with Gasteiger partial charge in [-0.15, -0.1) is 0 Å². The smallest absolute Gasteiger partial charge is 0.396 e. The predicted molar refractivity (Wildman–Crippen MR) is 240 cm³/mol. The van der Waals surface area contributed by atoms with Crippen molar-refractivity contribution >= 4 is 39.4 Å². The molecule has 1 atom stereocenters. The van der Waals surface area contributed by atoms with Crippen LogP contribution in [0, 0.1) is 17.1 Å². The first-order valence-electron chi connectivity index (χ1n) is 21.5. The molecule has 4 aromatic rings. The summed E-state index contributed by atoms with van der Waals surface area (Å²) in [5, 5.41) is 11.0. The molecule has 0 aliphatic carbocycles. The standard InChI is InChI=1S/C47H66FN5O4Si2/c1-31(2)58(32(3)4,33(5)6)56-42-19-18-38-14-13-15-43(44(38)25-42)46(54)51-22-20-41(29-51)53(47(55)57-59(34(7)8,35(9)10)36(11)12)23-21-40-27-50-30-52(40)28-37-16-17-39(26-49)45(48)24-37/h13-19,24-25,27,30-36,41H,20-23,28-29H2,1-12H3/t41-/m0/s1. The van der Waals surface area contributed by atoms with Crippen molar-refractivity contribution in [1.82, 2.24) is 19.4 Å². The molecule has 9 nitrogen and oxygen atoms in total. The lowest BCUT2D eigenvalue weighted by atomic mass is 10.0. The first-order chi connectivity index (χ1) is 27.9. The number of nitriles is 1. The Morgan fingerprint density at radius 3 is 2.12 bits per heavy atom. The van der Waals surface area contributed by atoms with Crippen LogP contribution in [0.3, 0.4) is 0 Å². The van der Waals surface area contributed by atoms with Crippen LogP contribution < -0.4 is 4.43 Å². The van der Waals surface area contributed by atoms with Crippen LogP contribution in [0.15, 0.2) is 67.1 Å². The van der Waals surface area contributed by atoms with Gasteiger partial charge in [0.05, 0.1) is 17.9 Å². The summed E-state index contributed by atoms with van der Waals surface area (Å²) in [5.74, 6) is 0.190. The Morgan fingerprint density at radius 2 is 1.53 bits per heavy atom. The highest BCUT2D eigenvalue weighted by molar-refractivity contribution is 6.79. The number of carbonyl (C=O) groups is 2. The molecule has 1 aliphatic heterocycles. The molecule has 1 aromatic heterocycles. The molecule has 59 heavy (non-hydrogen) atoms. The van der Waals surface area contributed by atoms with E-state index < -0.39 is 22.5 Å². The van der Waals surface area contributed by atoms with Gasteiger partial charge in [0.1, 0.15) is 17.6 Å². The second-order valence-electron chi connectivity index (χ2n) is 18.4. The Morgan fingerprint density at radius 1 is 0.881 bits per heavy atom. The van der Waals surface area contributed by atoms with Crippen molar-refractivity contribution < 1.29 is 22.8 Å². The highest BCUT2D eigenvalue weighted by atomic mass is 28.4. The van der Waals surface area contributed by atoms with Gasteiger partial charge < -0.3 is 23.2 Å². The quantitative estimate of drug-likeness (QED) is 0.104. The molecule has 1 fully saturated rings. The summed E-state index contributed by atoms with van der Waals surface area (Å²) in [5.41, 5.74) is 4.07. The zero-order valence-corrected chi connectivity index (χ0v) is 39.4. The molecule has 0 unspecified atom stereocenters. The van der Waals surface area contributed by atoms with Crippen LogP contribution in [0.5, 0.6) is 5.75 Å². The van der Waals surface area contributed by atoms with Crippen molar-refractivity contribution in [3.63, 3.8) is 0 Å². The van der Waals surface area contributed by atoms with Gasteiger partial charge in [0, 0.05) is 50.1 Å². The number of hydrogen-bond donors (Lipinski definition) is 0. The van der Waals surface area contributed by atoms with Crippen molar-refractivity contribution in [2.75, 3.05) is 19.6 Å². The Labute approximate surface area is 354 Å². The molecule has 0 saturated carbocycles. The number of rotatable bonds is 16. The summed E-state index contributed by atoms with van der Waals surface area (Å²) in [7, 11) is -4.83. The molecule has 0 bridgehead atoms. The van der Waals surface area contributed by atoms with E-state index in [2.05, 4.69) is 100 Å². The van der Waals surface area contributed by atoms with Gasteiger partial charge in [-0.3, -0.25) is 4.79 Å². The van der Waals surface area contributed by atoms with Gasteiger partial charge in [-0.25, -0.2) is 14.2 Å². The van der Waals surface area contributed by atoms with Gasteiger partial charge in [-0.2, -0.15) is 5.26 Å². The van der Waals surface area contributed by atoms with E-state index in [1.807, 2.05) is 44.7 Å². The molecule has 0 spiro atoms. The molecule has 1 saturated heterocycles. The minimum absolute atomic E-state index is 0.00311. The summed E-state index contributed by atoms with van der Waals surface area (Å²) < 4.78 is 30.3. The summed E-state index contributed by atoms with van der Waals surface area (Å²) in [6, 6.07) is 18.3. The van der Waals surface area contributed by atoms with E-state index in [0.717, 1.165) is 22.2 Å². The lowest BCUT2D eigenvalue weighted by molar-refractivity contribution is 0.0773. The van der Waals surface area contributed by atoms with Crippen LogP contribution >= 0.6 is 0 Å². The van der Waals surface area contributed by atoms with Crippen molar-refractivity contribution in [1.29, 1.82) is 5.26 Å². The third-order valence-electron chi connectivity index (χ3n) is 13.1. The lowest BCUT2D eigenvalue weighted by Gasteiger charge is -2.43. The van der Waals surface area contributed by atoms with E-state index in [1.54, 1.807) is 18.6 Å². The number of amides is 2. The Bertz CT molecular complexity index is 2100. The van der Waals surface area contributed by atoms with Crippen LogP contribution in [0.1, 0.15) is 117 Å². The average molecular weight is 840 g/mol. The molecule has 5 rings (SSSR count). The van der Waals surface area contributed by atoms with Crippen molar-refractivity contribution in [2.24, 2.45) is 0 Å². The number of benzene rings is 3. The fourth-order valence-corrected chi connectivity index (χ4v) is 20.6. The van der Waals surface area contributed by atoms with Crippen molar-refractivity contribution in [3.05, 3.63) is 95.3 Å². The first kappa shape index (κ1) is 45.6. The minimum atomic E-state index is -2.60. The maximum Gasteiger partial charge on any atom is 0.396 e. The summed E-state index contributed by atoms with van der Waals surface area (Å²) in [6.07, 6.45) is 4.26. The Kier molecular flexibility index (Phi) is 14.6. The van der Waals surface area contributed by atoms with E-state index >= 15 is 0 Å². The predicted octanol–water partition coefficient (Wildman–Crippen LogP) is 11.7. The number of halogens is 1. The molecule has 318 valence electrons. The first-order valence-corrected chi connectivity index (χ1v) is 25.8. The molecule has 0 radical (unpaired) electrons. The van der Waals surface area contributed by atoms with Crippen LogP contribution in [-0.2, 0) is 17.4 Å². The molecule has 12 heteroatoms. The van der Waals surface area contributed by atoms with E-state index in [0.29, 0.717) is 66.8 Å². The van der Waals surface area contributed by atoms with Crippen LogP contribution in [0.4, 0.5) is 9.18 Å². The number of imidazole rings is 1. The third kappa shape index (κ3) is 9.31. The van der Waals surface area contributed by atoms with Crippen LogP contribution in [0.2, 0.25) is 33.2 Å². The fourth-order valence-electron chi connectivity index (χ4n) is 10.3. The third-order valence-corrected chi connectivity index (χ3v) is 25.0. The topological polar surface area (TPSA) is 101 Å². The van der Waals surface area contributed by atoms with Gasteiger partial charge in [0.25, 0.3) is 22.5 Å². The fraction of sp³-hybridized carbons (Fsp3) is 0.532. The van der Waals surface area contributed by atoms with Gasteiger partial charge in [-0.05, 0) is 86.3 Å². The lowest BCUT2D eigenvalue weighted by Crippen LogP contribution is -2.54. The maximum absolute atomic E-state index is 14.6. The van der Waals surface area contributed by atoms with Crippen molar-refractivity contribution in [2.45, 2.75) is 142 Å². The molecule has 1 aliphatic rings.